The van der Waals surface area contributed by atoms with Gasteiger partial charge in [-0.1, -0.05) is 25.2 Å². The molecule has 0 spiro atoms. The van der Waals surface area contributed by atoms with Crippen LogP contribution < -0.4 is 5.32 Å². The molecule has 2 heteroatoms. The Balaban J connectivity index is 1.86. The monoisotopic (exact) mass is 218 g/mol. The highest BCUT2D eigenvalue weighted by Gasteiger charge is 2.19. The zero-order valence-corrected chi connectivity index (χ0v) is 10.2. The van der Waals surface area contributed by atoms with Gasteiger partial charge in [0.05, 0.1) is 0 Å². The first-order valence-electron chi connectivity index (χ1n) is 6.30. The Bertz CT molecular complexity index is 309. The lowest BCUT2D eigenvalue weighted by Crippen LogP contribution is -2.38. The maximum Gasteiger partial charge on any atom is 0.0339 e. The summed E-state index contributed by atoms with van der Waals surface area (Å²) in [6.45, 7) is 8.39. The number of likely N-dealkylation sites (tertiary alicyclic amines) is 1. The smallest absolute Gasteiger partial charge is 0.0339 e. The molecule has 0 radical (unpaired) electrons. The van der Waals surface area contributed by atoms with E-state index in [4.69, 9.17) is 0 Å². The molecule has 0 aromatic rings. The van der Waals surface area contributed by atoms with Crippen LogP contribution in [0.2, 0.25) is 0 Å². The molecule has 1 heterocycles. The Morgan fingerprint density at radius 1 is 1.38 bits per heavy atom. The van der Waals surface area contributed by atoms with Gasteiger partial charge >= 0.3 is 0 Å². The molecule has 0 amide bonds. The average Bonchev–Trinajstić information content (AvgIpc) is 2.30. The Morgan fingerprint density at radius 3 is 2.69 bits per heavy atom. The minimum Gasteiger partial charge on any atom is -0.360 e. The van der Waals surface area contributed by atoms with E-state index in [9.17, 15) is 0 Å². The number of nitrogens with one attached hydrogen (secondary N) is 1. The Hall–Kier alpha value is -1.02. The van der Waals surface area contributed by atoms with Crippen molar-refractivity contribution in [3.8, 4) is 0 Å². The molecule has 2 rings (SSSR count). The van der Waals surface area contributed by atoms with Gasteiger partial charge in [-0.15, -0.1) is 0 Å². The Labute approximate surface area is 98.7 Å². The largest absolute Gasteiger partial charge is 0.360 e. The van der Waals surface area contributed by atoms with Gasteiger partial charge in [-0.3, -0.25) is 4.90 Å². The van der Waals surface area contributed by atoms with E-state index in [1.807, 2.05) is 6.92 Å². The van der Waals surface area contributed by atoms with Crippen molar-refractivity contribution >= 4 is 0 Å². The van der Waals surface area contributed by atoms with E-state index in [0.29, 0.717) is 6.04 Å². The minimum absolute atomic E-state index is 0.621. The third-order valence-electron chi connectivity index (χ3n) is 3.29. The van der Waals surface area contributed by atoms with Crippen molar-refractivity contribution in [3.63, 3.8) is 0 Å². The molecule has 2 nitrogen and oxygen atoms in total. The quantitative estimate of drug-likeness (QED) is 0.783. The molecule has 88 valence electrons. The highest BCUT2D eigenvalue weighted by Crippen LogP contribution is 2.19. The van der Waals surface area contributed by atoms with Crippen LogP contribution in [0.3, 0.4) is 0 Å². The van der Waals surface area contributed by atoms with E-state index >= 15 is 0 Å². The molecule has 1 unspecified atom stereocenters. The van der Waals surface area contributed by atoms with E-state index < -0.39 is 0 Å². The molecule has 0 aromatic heterocycles. The van der Waals surface area contributed by atoms with Gasteiger partial charge in [0, 0.05) is 17.4 Å². The van der Waals surface area contributed by atoms with Crippen LogP contribution in [0.25, 0.3) is 0 Å². The van der Waals surface area contributed by atoms with Gasteiger partial charge in [0.1, 0.15) is 0 Å². The zero-order valence-electron chi connectivity index (χ0n) is 10.2. The minimum atomic E-state index is 0.621. The summed E-state index contributed by atoms with van der Waals surface area (Å²) in [4.78, 5) is 2.61. The summed E-state index contributed by atoms with van der Waals surface area (Å²) in [5.74, 6) is 0. The first kappa shape index (κ1) is 11.5. The normalized spacial score (nSPS) is 26.3. The van der Waals surface area contributed by atoms with Gasteiger partial charge in [0.15, 0.2) is 0 Å². The van der Waals surface area contributed by atoms with Crippen molar-refractivity contribution in [2.24, 2.45) is 0 Å². The Kier molecular flexibility index (Phi) is 3.83. The number of piperidine rings is 1. The summed E-state index contributed by atoms with van der Waals surface area (Å²) in [6.07, 6.45) is 12.1. The fourth-order valence-electron chi connectivity index (χ4n) is 2.47. The van der Waals surface area contributed by atoms with Crippen LogP contribution in [0.15, 0.2) is 36.2 Å². The average molecular weight is 218 g/mol. The number of hydrogen-bond acceptors (Lipinski definition) is 2. The molecule has 1 N–H and O–H groups in total. The first-order valence-corrected chi connectivity index (χ1v) is 6.30. The zero-order chi connectivity index (χ0) is 11.4. The van der Waals surface area contributed by atoms with Crippen LogP contribution >= 0.6 is 0 Å². The first-order chi connectivity index (χ1) is 7.75. The van der Waals surface area contributed by atoms with Crippen LogP contribution in [0.5, 0.6) is 0 Å². The van der Waals surface area contributed by atoms with Gasteiger partial charge in [0.25, 0.3) is 0 Å². The molecule has 1 aliphatic carbocycles. The standard InChI is InChI=1S/C14H22N2/c1-12(2)15-13-6-8-14(9-7-13)16-10-4-3-5-11-16/h6-8,14-15H,1,3-5,9-11H2,2H3. The molecule has 2 aliphatic rings. The highest BCUT2D eigenvalue weighted by atomic mass is 15.2. The molecular formula is C14H22N2. The van der Waals surface area contributed by atoms with Gasteiger partial charge in [0.2, 0.25) is 0 Å². The second-order valence-electron chi connectivity index (χ2n) is 4.82. The van der Waals surface area contributed by atoms with Crippen molar-refractivity contribution in [2.45, 2.75) is 38.6 Å². The lowest BCUT2D eigenvalue weighted by Gasteiger charge is -2.33. The van der Waals surface area contributed by atoms with Crippen LogP contribution in [-0.2, 0) is 0 Å². The third kappa shape index (κ3) is 2.99. The van der Waals surface area contributed by atoms with Crippen molar-refractivity contribution in [1.82, 2.24) is 10.2 Å². The summed E-state index contributed by atoms with van der Waals surface area (Å²) in [7, 11) is 0. The van der Waals surface area contributed by atoms with Crippen molar-refractivity contribution in [2.75, 3.05) is 13.1 Å². The second kappa shape index (κ2) is 5.35. The molecule has 1 fully saturated rings. The number of allylic oxidation sites excluding steroid dienone is 2. The van der Waals surface area contributed by atoms with E-state index in [1.165, 1.54) is 38.0 Å². The molecule has 1 atom stereocenters. The van der Waals surface area contributed by atoms with Gasteiger partial charge in [-0.2, -0.15) is 0 Å². The number of rotatable bonds is 3. The number of hydrogen-bond donors (Lipinski definition) is 1. The maximum atomic E-state index is 3.86. The lowest BCUT2D eigenvalue weighted by atomic mass is 10.0. The topological polar surface area (TPSA) is 15.3 Å². The predicted molar refractivity (Wildman–Crippen MR) is 69.0 cm³/mol. The van der Waals surface area contributed by atoms with E-state index in [0.717, 1.165) is 12.1 Å². The summed E-state index contributed by atoms with van der Waals surface area (Å²) < 4.78 is 0. The molecule has 1 saturated heterocycles. The second-order valence-corrected chi connectivity index (χ2v) is 4.82. The van der Waals surface area contributed by atoms with E-state index in [1.54, 1.807) is 0 Å². The molecule has 0 bridgehead atoms. The molecule has 0 aromatic carbocycles. The van der Waals surface area contributed by atoms with Crippen molar-refractivity contribution < 1.29 is 0 Å². The van der Waals surface area contributed by atoms with Crippen molar-refractivity contribution in [1.29, 1.82) is 0 Å². The SMILES string of the molecule is C=C(C)NC1=CCC(N2CCCCC2)C=C1. The van der Waals surface area contributed by atoms with Crippen LogP contribution in [-0.4, -0.2) is 24.0 Å². The van der Waals surface area contributed by atoms with Gasteiger partial charge < -0.3 is 5.32 Å². The fourth-order valence-corrected chi connectivity index (χ4v) is 2.47. The summed E-state index contributed by atoms with van der Waals surface area (Å²) in [5.41, 5.74) is 2.20. The molecular weight excluding hydrogens is 196 g/mol. The lowest BCUT2D eigenvalue weighted by molar-refractivity contribution is 0.190. The Morgan fingerprint density at radius 2 is 2.12 bits per heavy atom. The predicted octanol–water partition coefficient (Wildman–Crippen LogP) is 2.81. The summed E-state index contributed by atoms with van der Waals surface area (Å²) in [5, 5.41) is 3.27. The van der Waals surface area contributed by atoms with Gasteiger partial charge in [-0.05, 0) is 45.4 Å². The number of nitrogens with zero attached hydrogens (tertiary/aromatic N) is 1. The molecule has 16 heavy (non-hydrogen) atoms. The fraction of sp³-hybridized carbons (Fsp3) is 0.571. The molecule has 1 aliphatic heterocycles. The van der Waals surface area contributed by atoms with Crippen molar-refractivity contribution in [3.05, 3.63) is 36.2 Å². The molecule has 0 saturated carbocycles. The van der Waals surface area contributed by atoms with E-state index in [2.05, 4.69) is 35.0 Å². The third-order valence-corrected chi connectivity index (χ3v) is 3.29. The summed E-state index contributed by atoms with van der Waals surface area (Å²) in [6, 6.07) is 0.621. The maximum absolute atomic E-state index is 3.86. The van der Waals surface area contributed by atoms with Crippen LogP contribution in [0.1, 0.15) is 32.6 Å². The highest BCUT2D eigenvalue weighted by molar-refractivity contribution is 5.26. The van der Waals surface area contributed by atoms with Crippen LogP contribution in [0, 0.1) is 0 Å². The van der Waals surface area contributed by atoms with Crippen LogP contribution in [0.4, 0.5) is 0 Å². The van der Waals surface area contributed by atoms with E-state index in [-0.39, 0.29) is 0 Å². The summed E-state index contributed by atoms with van der Waals surface area (Å²) >= 11 is 0. The van der Waals surface area contributed by atoms with Gasteiger partial charge in [-0.25, -0.2) is 0 Å².